The van der Waals surface area contributed by atoms with Gasteiger partial charge in [0.25, 0.3) is 5.96 Å². The first-order valence-electron chi connectivity index (χ1n) is 15.1. The SMILES string of the molecule is CC(C)C[C@H](NC(=O)[C@H](CCCN=C(N)N[N+](=O)[O-])NC(=O)CN1CCCC1=O)B1O[C@@H]2C[C@H]3C[C@H](C3(C)C)[C@]2(C)O1. The molecule has 42 heavy (non-hydrogen) atoms. The van der Waals surface area contributed by atoms with E-state index in [-0.39, 0.29) is 54.7 Å². The number of likely N-dealkylation sites (tertiary alicyclic amines) is 1. The molecule has 3 saturated carbocycles. The summed E-state index contributed by atoms with van der Waals surface area (Å²) >= 11 is 0. The highest BCUT2D eigenvalue weighted by Crippen LogP contribution is 2.65. The first kappa shape index (κ1) is 32.0. The van der Waals surface area contributed by atoms with Gasteiger partial charge in [-0.3, -0.25) is 14.4 Å². The normalized spacial score (nSPS) is 29.5. The Morgan fingerprint density at radius 2 is 2.00 bits per heavy atom. The van der Waals surface area contributed by atoms with Gasteiger partial charge in [0.2, 0.25) is 17.7 Å². The highest BCUT2D eigenvalue weighted by Gasteiger charge is 2.68. The van der Waals surface area contributed by atoms with Gasteiger partial charge in [0, 0.05) is 19.5 Å². The van der Waals surface area contributed by atoms with Crippen molar-refractivity contribution in [3.8, 4) is 0 Å². The van der Waals surface area contributed by atoms with Gasteiger partial charge in [-0.25, -0.2) is 15.1 Å². The lowest BCUT2D eigenvalue weighted by Crippen LogP contribution is -2.65. The molecule has 5 aliphatic rings. The van der Waals surface area contributed by atoms with Crippen LogP contribution in [0, 0.1) is 33.3 Å². The van der Waals surface area contributed by atoms with E-state index in [1.165, 1.54) is 4.90 Å². The number of nitrogens with one attached hydrogen (secondary N) is 3. The maximum absolute atomic E-state index is 13.7. The van der Waals surface area contributed by atoms with Crippen LogP contribution < -0.4 is 21.8 Å². The number of carbonyl (C=O) groups is 3. The molecule has 0 aromatic carbocycles. The highest BCUT2D eigenvalue weighted by atomic mass is 16.7. The molecule has 2 bridgehead atoms. The number of hydrazine groups is 1. The second kappa shape index (κ2) is 12.7. The van der Waals surface area contributed by atoms with Crippen LogP contribution in [0.3, 0.4) is 0 Å². The molecule has 2 aliphatic heterocycles. The van der Waals surface area contributed by atoms with Gasteiger partial charge in [-0.15, -0.1) is 0 Å². The summed E-state index contributed by atoms with van der Waals surface area (Å²) in [6.45, 7) is 11.4. The van der Waals surface area contributed by atoms with Gasteiger partial charge >= 0.3 is 7.12 Å². The van der Waals surface area contributed by atoms with Gasteiger partial charge in [0.15, 0.2) is 5.03 Å². The summed E-state index contributed by atoms with van der Waals surface area (Å²) in [4.78, 5) is 54.6. The van der Waals surface area contributed by atoms with Gasteiger partial charge < -0.3 is 30.6 Å². The van der Waals surface area contributed by atoms with Crippen molar-refractivity contribution < 1.29 is 28.7 Å². The quantitative estimate of drug-likeness (QED) is 0.0598. The Labute approximate surface area is 247 Å². The summed E-state index contributed by atoms with van der Waals surface area (Å²) in [7, 11) is -0.613. The molecule has 0 spiro atoms. The van der Waals surface area contributed by atoms with Crippen LogP contribution >= 0.6 is 0 Å². The fourth-order valence-electron chi connectivity index (χ4n) is 7.28. The first-order chi connectivity index (χ1) is 19.7. The average molecular weight is 592 g/mol. The van der Waals surface area contributed by atoms with E-state index < -0.39 is 35.6 Å². The molecule has 5 N–H and O–H groups in total. The molecule has 0 radical (unpaired) electrons. The van der Waals surface area contributed by atoms with Gasteiger partial charge in [-0.05, 0) is 68.6 Å². The molecule has 234 valence electrons. The minimum Gasteiger partial charge on any atom is -0.404 e. The Hall–Kier alpha value is -2.94. The molecule has 0 aromatic rings. The third-order valence-corrected chi connectivity index (χ3v) is 9.65. The van der Waals surface area contributed by atoms with Crippen LogP contribution in [0.1, 0.15) is 79.6 Å². The highest BCUT2D eigenvalue weighted by molar-refractivity contribution is 6.48. The van der Waals surface area contributed by atoms with Crippen LogP contribution in [0.15, 0.2) is 4.99 Å². The van der Waals surface area contributed by atoms with E-state index in [2.05, 4.69) is 50.2 Å². The molecule has 5 rings (SSSR count). The molecule has 6 atom stereocenters. The van der Waals surface area contributed by atoms with Crippen molar-refractivity contribution in [1.82, 2.24) is 21.0 Å². The molecular formula is C27H46BN7O7. The number of guanidine groups is 1. The molecular weight excluding hydrogens is 545 g/mol. The number of nitrogens with two attached hydrogens (primary N) is 1. The molecule has 0 unspecified atom stereocenters. The number of nitro groups is 1. The lowest BCUT2D eigenvalue weighted by Gasteiger charge is -2.64. The topological polar surface area (TPSA) is 191 Å². The van der Waals surface area contributed by atoms with Crippen LogP contribution in [-0.2, 0) is 23.7 Å². The average Bonchev–Trinajstić information content (AvgIpc) is 3.46. The molecule has 5 fully saturated rings. The van der Waals surface area contributed by atoms with Crippen molar-refractivity contribution >= 4 is 30.8 Å². The van der Waals surface area contributed by atoms with Crippen molar-refractivity contribution in [3.63, 3.8) is 0 Å². The summed E-state index contributed by atoms with van der Waals surface area (Å²) < 4.78 is 13.1. The Morgan fingerprint density at radius 3 is 2.62 bits per heavy atom. The number of rotatable bonds is 13. The number of carbonyl (C=O) groups excluding carboxylic acids is 3. The van der Waals surface area contributed by atoms with E-state index in [0.717, 1.165) is 12.8 Å². The van der Waals surface area contributed by atoms with Crippen LogP contribution in [-0.4, -0.2) is 84.1 Å². The number of nitrogens with zero attached hydrogens (tertiary/aromatic N) is 3. The van der Waals surface area contributed by atoms with Gasteiger partial charge in [-0.1, -0.05) is 33.1 Å². The Morgan fingerprint density at radius 1 is 1.26 bits per heavy atom. The molecule has 2 heterocycles. The molecule has 2 saturated heterocycles. The van der Waals surface area contributed by atoms with E-state index in [1.807, 2.05) is 0 Å². The molecule has 3 aliphatic carbocycles. The number of hydrogen-bond acceptors (Lipinski definition) is 8. The molecule has 0 aromatic heterocycles. The second-order valence-electron chi connectivity index (χ2n) is 13.4. The fourth-order valence-corrected chi connectivity index (χ4v) is 7.28. The molecule has 14 nitrogen and oxygen atoms in total. The summed E-state index contributed by atoms with van der Waals surface area (Å²) in [6.07, 6.45) is 4.28. The predicted molar refractivity (Wildman–Crippen MR) is 155 cm³/mol. The van der Waals surface area contributed by atoms with Gasteiger partial charge in [0.1, 0.15) is 6.04 Å². The van der Waals surface area contributed by atoms with E-state index in [0.29, 0.717) is 44.1 Å². The lowest BCUT2D eigenvalue weighted by atomic mass is 9.43. The minimum atomic E-state index is -0.921. The minimum absolute atomic E-state index is 0.0320. The van der Waals surface area contributed by atoms with E-state index >= 15 is 0 Å². The van der Waals surface area contributed by atoms with Crippen molar-refractivity contribution in [3.05, 3.63) is 10.1 Å². The second-order valence-corrected chi connectivity index (χ2v) is 13.4. The van der Waals surface area contributed by atoms with E-state index in [9.17, 15) is 24.5 Å². The maximum atomic E-state index is 13.7. The van der Waals surface area contributed by atoms with Crippen LogP contribution in [0.5, 0.6) is 0 Å². The lowest BCUT2D eigenvalue weighted by molar-refractivity contribution is -0.525. The van der Waals surface area contributed by atoms with Crippen molar-refractivity contribution in [2.24, 2.45) is 33.9 Å². The predicted octanol–water partition coefficient (Wildman–Crippen LogP) is 0.768. The van der Waals surface area contributed by atoms with Crippen LogP contribution in [0.25, 0.3) is 0 Å². The van der Waals surface area contributed by atoms with Crippen molar-refractivity contribution in [2.45, 2.75) is 103 Å². The van der Waals surface area contributed by atoms with E-state index in [4.69, 9.17) is 15.0 Å². The Kier molecular flexibility index (Phi) is 9.70. The number of hydrogen-bond donors (Lipinski definition) is 4. The molecule has 3 amide bonds. The van der Waals surface area contributed by atoms with Crippen LogP contribution in [0.4, 0.5) is 0 Å². The fraction of sp³-hybridized carbons (Fsp3) is 0.852. The summed E-state index contributed by atoms with van der Waals surface area (Å²) in [5.41, 5.74) is 7.03. The van der Waals surface area contributed by atoms with Crippen LogP contribution in [0.2, 0.25) is 0 Å². The summed E-state index contributed by atoms with van der Waals surface area (Å²) in [5, 5.41) is 15.6. The smallest absolute Gasteiger partial charge is 0.404 e. The monoisotopic (exact) mass is 591 g/mol. The Balaban J connectivity index is 1.43. The standard InChI is InChI=1S/C27H46BN7O7/c1-16(2)12-21(28-41-20-14-17-13-19(26(17,3)4)27(20,5)42-28)32-24(38)18(8-6-10-30-25(29)33-35(39)40)31-22(36)15-34-11-7-9-23(34)37/h16-21H,6-15H2,1-5H3,(H,31,36)(H,32,38)(H3,29,30,33)/t17-,18+,19-,20-,21+,27+/m1/s1. The van der Waals surface area contributed by atoms with Crippen molar-refractivity contribution in [1.29, 1.82) is 0 Å². The van der Waals surface area contributed by atoms with Crippen molar-refractivity contribution in [2.75, 3.05) is 19.6 Å². The summed E-state index contributed by atoms with van der Waals surface area (Å²) in [6, 6.07) is -0.921. The maximum Gasteiger partial charge on any atom is 0.481 e. The van der Waals surface area contributed by atoms with Gasteiger partial charge in [-0.2, -0.15) is 0 Å². The Bertz CT molecular complexity index is 1090. The number of aliphatic imine (C=N–C) groups is 1. The summed E-state index contributed by atoms with van der Waals surface area (Å²) in [5.74, 6) is -0.468. The third-order valence-electron chi connectivity index (χ3n) is 9.65. The zero-order valence-electron chi connectivity index (χ0n) is 25.4. The zero-order valence-corrected chi connectivity index (χ0v) is 25.4. The number of amides is 3. The zero-order chi connectivity index (χ0) is 30.8. The molecule has 15 heteroatoms. The first-order valence-corrected chi connectivity index (χ1v) is 15.1. The van der Waals surface area contributed by atoms with E-state index in [1.54, 1.807) is 5.43 Å². The third kappa shape index (κ3) is 6.99. The van der Waals surface area contributed by atoms with Gasteiger partial charge in [0.05, 0.1) is 24.2 Å². The largest absolute Gasteiger partial charge is 0.481 e.